The van der Waals surface area contributed by atoms with Gasteiger partial charge in [0, 0.05) is 33.0 Å². The van der Waals surface area contributed by atoms with Gasteiger partial charge in [-0.15, -0.1) is 0 Å². The molecule has 6 nitrogen and oxygen atoms in total. The first-order valence-electron chi connectivity index (χ1n) is 20.7. The van der Waals surface area contributed by atoms with Gasteiger partial charge in [-0.05, 0) is 70.9 Å². The van der Waals surface area contributed by atoms with Crippen LogP contribution in [0.1, 0.15) is 207 Å². The molecule has 0 aliphatic rings. The molecule has 0 bridgehead atoms. The highest BCUT2D eigenvalue weighted by molar-refractivity contribution is 5.75. The molecule has 0 aliphatic carbocycles. The second-order valence-electron chi connectivity index (χ2n) is 14.3. The first-order valence-corrected chi connectivity index (χ1v) is 20.7. The summed E-state index contributed by atoms with van der Waals surface area (Å²) in [7, 11) is 1.95. The van der Waals surface area contributed by atoms with Crippen LogP contribution in [-0.2, 0) is 14.3 Å². The quantitative estimate of drug-likeness (QED) is 0.0528. The molecule has 47 heavy (non-hydrogen) atoms. The van der Waals surface area contributed by atoms with Crippen molar-refractivity contribution in [2.45, 2.75) is 213 Å². The van der Waals surface area contributed by atoms with Crippen molar-refractivity contribution in [3.8, 4) is 0 Å². The van der Waals surface area contributed by atoms with E-state index in [1.54, 1.807) is 0 Å². The highest BCUT2D eigenvalue weighted by Gasteiger charge is 2.14. The van der Waals surface area contributed by atoms with Gasteiger partial charge in [-0.25, -0.2) is 0 Å². The summed E-state index contributed by atoms with van der Waals surface area (Å²) in [6.07, 6.45) is 33.5. The van der Waals surface area contributed by atoms with Crippen molar-refractivity contribution in [1.29, 1.82) is 0 Å². The Hall–Kier alpha value is -1.14. The number of aliphatic hydroxyl groups is 1. The number of esters is 1. The molecule has 280 valence electrons. The fraction of sp³-hybridized carbons (Fsp3) is 0.951. The molecule has 0 rings (SSSR count). The van der Waals surface area contributed by atoms with E-state index in [9.17, 15) is 14.7 Å². The predicted octanol–water partition coefficient (Wildman–Crippen LogP) is 11.0. The second-order valence-corrected chi connectivity index (χ2v) is 14.3. The number of nitrogens with zero attached hydrogens (tertiary/aromatic N) is 2. The van der Waals surface area contributed by atoms with Crippen LogP contribution >= 0.6 is 0 Å². The van der Waals surface area contributed by atoms with Gasteiger partial charge < -0.3 is 19.6 Å². The third kappa shape index (κ3) is 31.9. The molecule has 0 aliphatic heterocycles. The second kappa shape index (κ2) is 36.1. The number of amides is 1. The zero-order valence-electron chi connectivity index (χ0n) is 32.2. The monoisotopic (exact) mass is 667 g/mol. The number of ether oxygens (including phenoxy) is 1. The lowest BCUT2D eigenvalue weighted by Crippen LogP contribution is -2.29. The summed E-state index contributed by atoms with van der Waals surface area (Å²) < 4.78 is 5.99. The van der Waals surface area contributed by atoms with Crippen molar-refractivity contribution in [1.82, 2.24) is 9.80 Å². The van der Waals surface area contributed by atoms with E-state index in [4.69, 9.17) is 4.74 Å². The molecule has 0 heterocycles. The Morgan fingerprint density at radius 3 is 1.43 bits per heavy atom. The fourth-order valence-corrected chi connectivity index (χ4v) is 6.48. The van der Waals surface area contributed by atoms with E-state index >= 15 is 0 Å². The molecule has 0 saturated heterocycles. The van der Waals surface area contributed by atoms with Crippen molar-refractivity contribution >= 4 is 11.9 Å². The number of carbonyl (C=O) groups excluding carboxylic acids is 2. The third-order valence-corrected chi connectivity index (χ3v) is 9.72. The maximum Gasteiger partial charge on any atom is 0.306 e. The minimum atomic E-state index is 0.00908. The number of hydrogen-bond donors (Lipinski definition) is 1. The zero-order chi connectivity index (χ0) is 34.6. The van der Waals surface area contributed by atoms with E-state index < -0.39 is 0 Å². The third-order valence-electron chi connectivity index (χ3n) is 9.72. The number of unbranched alkanes of at least 4 members (excludes halogenated alkanes) is 20. The summed E-state index contributed by atoms with van der Waals surface area (Å²) in [5.74, 6) is 0.291. The molecular formula is C41H82N2O4. The standard InChI is InChI=1S/C41H82N2O4/c1-5-8-11-14-18-24-31-39(30-23-17-13-10-7-3)47-41(46)33-26-19-16-21-28-35-43(37-38-44)36-29-22-25-32-40(45)42(4)34-27-20-15-12-9-6-2/h39,44H,5-38H2,1-4H3. The van der Waals surface area contributed by atoms with E-state index in [1.165, 1.54) is 103 Å². The Morgan fingerprint density at radius 1 is 0.511 bits per heavy atom. The van der Waals surface area contributed by atoms with Gasteiger partial charge in [0.15, 0.2) is 0 Å². The number of rotatable bonds is 37. The normalized spacial score (nSPS) is 12.1. The Bertz CT molecular complexity index is 674. The Balaban J connectivity index is 4.05. The van der Waals surface area contributed by atoms with Gasteiger partial charge in [0.2, 0.25) is 5.91 Å². The van der Waals surface area contributed by atoms with Crippen molar-refractivity contribution < 1.29 is 19.4 Å². The summed E-state index contributed by atoms with van der Waals surface area (Å²) in [4.78, 5) is 29.4. The van der Waals surface area contributed by atoms with E-state index in [0.717, 1.165) is 96.8 Å². The molecule has 1 unspecified atom stereocenters. The molecule has 0 spiro atoms. The van der Waals surface area contributed by atoms with Gasteiger partial charge in [-0.3, -0.25) is 9.59 Å². The lowest BCUT2D eigenvalue weighted by atomic mass is 10.0. The van der Waals surface area contributed by atoms with Crippen LogP contribution < -0.4 is 0 Å². The first-order chi connectivity index (χ1) is 23.0. The number of carbonyl (C=O) groups is 2. The lowest BCUT2D eigenvalue weighted by molar-refractivity contribution is -0.150. The summed E-state index contributed by atoms with van der Waals surface area (Å²) in [6.45, 7) is 10.6. The topological polar surface area (TPSA) is 70.1 Å². The zero-order valence-corrected chi connectivity index (χ0v) is 32.2. The van der Waals surface area contributed by atoms with Gasteiger partial charge in [0.05, 0.1) is 6.61 Å². The van der Waals surface area contributed by atoms with E-state index in [1.807, 2.05) is 11.9 Å². The Labute approximate surface area is 293 Å². The molecule has 0 saturated carbocycles. The van der Waals surface area contributed by atoms with Crippen LogP contribution in [0.5, 0.6) is 0 Å². The molecule has 0 fully saturated rings. The first kappa shape index (κ1) is 45.9. The molecule has 0 aromatic rings. The van der Waals surface area contributed by atoms with Crippen LogP contribution in [0.25, 0.3) is 0 Å². The summed E-state index contributed by atoms with van der Waals surface area (Å²) in [5.41, 5.74) is 0. The van der Waals surface area contributed by atoms with Gasteiger partial charge in [0.25, 0.3) is 0 Å². The Morgan fingerprint density at radius 2 is 0.915 bits per heavy atom. The largest absolute Gasteiger partial charge is 0.462 e. The SMILES string of the molecule is CCCCCCCCC(CCCCCCC)OC(=O)CCCCCCCN(CCO)CCCCCC(=O)N(C)CCCCCCCC. The van der Waals surface area contributed by atoms with Crippen molar-refractivity contribution in [2.24, 2.45) is 0 Å². The highest BCUT2D eigenvalue weighted by Crippen LogP contribution is 2.18. The smallest absolute Gasteiger partial charge is 0.306 e. The minimum Gasteiger partial charge on any atom is -0.462 e. The number of hydrogen-bond acceptors (Lipinski definition) is 5. The highest BCUT2D eigenvalue weighted by atomic mass is 16.5. The maximum absolute atomic E-state index is 12.6. The summed E-state index contributed by atoms with van der Waals surface area (Å²) in [5, 5.41) is 9.53. The molecule has 1 atom stereocenters. The summed E-state index contributed by atoms with van der Waals surface area (Å²) in [6, 6.07) is 0. The molecule has 0 radical (unpaired) electrons. The van der Waals surface area contributed by atoms with E-state index in [2.05, 4.69) is 25.7 Å². The summed E-state index contributed by atoms with van der Waals surface area (Å²) >= 11 is 0. The molecule has 1 N–H and O–H groups in total. The fourth-order valence-electron chi connectivity index (χ4n) is 6.48. The van der Waals surface area contributed by atoms with Crippen LogP contribution in [0.3, 0.4) is 0 Å². The minimum absolute atomic E-state index is 0.00908. The average molecular weight is 667 g/mol. The van der Waals surface area contributed by atoms with Crippen LogP contribution in [-0.4, -0.2) is 72.7 Å². The van der Waals surface area contributed by atoms with Gasteiger partial charge in [-0.2, -0.15) is 0 Å². The number of aliphatic hydroxyl groups excluding tert-OH is 1. The van der Waals surface area contributed by atoms with Crippen molar-refractivity contribution in [2.75, 3.05) is 39.8 Å². The maximum atomic E-state index is 12.6. The van der Waals surface area contributed by atoms with Crippen molar-refractivity contribution in [3.05, 3.63) is 0 Å². The Kier molecular flexibility index (Phi) is 35.3. The van der Waals surface area contributed by atoms with Gasteiger partial charge >= 0.3 is 5.97 Å². The lowest BCUT2D eigenvalue weighted by Gasteiger charge is -2.21. The molecule has 1 amide bonds. The molecule has 0 aromatic heterocycles. The van der Waals surface area contributed by atoms with Crippen LogP contribution in [0.15, 0.2) is 0 Å². The molecule has 0 aromatic carbocycles. The molecular weight excluding hydrogens is 584 g/mol. The molecule has 6 heteroatoms. The van der Waals surface area contributed by atoms with Crippen molar-refractivity contribution in [3.63, 3.8) is 0 Å². The van der Waals surface area contributed by atoms with Gasteiger partial charge in [0.1, 0.15) is 6.10 Å². The van der Waals surface area contributed by atoms with Gasteiger partial charge in [-0.1, -0.05) is 136 Å². The predicted molar refractivity (Wildman–Crippen MR) is 202 cm³/mol. The van der Waals surface area contributed by atoms with Crippen LogP contribution in [0, 0.1) is 0 Å². The van der Waals surface area contributed by atoms with Crippen LogP contribution in [0.2, 0.25) is 0 Å². The van der Waals surface area contributed by atoms with E-state index in [-0.39, 0.29) is 24.6 Å². The van der Waals surface area contributed by atoms with E-state index in [0.29, 0.717) is 12.8 Å². The average Bonchev–Trinajstić information content (AvgIpc) is 3.06. The van der Waals surface area contributed by atoms with Crippen LogP contribution in [0.4, 0.5) is 0 Å².